The molecule has 154 valence electrons. The average molecular weight is 403 g/mol. The maximum absolute atomic E-state index is 11.8. The number of hydrazone groups is 1. The number of hydrogen-bond donors (Lipinski definition) is 2. The summed E-state index contributed by atoms with van der Waals surface area (Å²) in [5, 5.41) is 26.2. The largest absolute Gasteiger partial charge is 0.503 e. The molecular weight excluding hydrogens is 378 g/mol. The summed E-state index contributed by atoms with van der Waals surface area (Å²) in [5.74, 6) is -0.382. The molecule has 0 radical (unpaired) electrons. The van der Waals surface area contributed by atoms with Crippen molar-refractivity contribution in [1.29, 1.82) is 0 Å². The van der Waals surface area contributed by atoms with Crippen molar-refractivity contribution in [2.75, 3.05) is 7.05 Å². The summed E-state index contributed by atoms with van der Waals surface area (Å²) >= 11 is 0. The van der Waals surface area contributed by atoms with Gasteiger partial charge in [-0.15, -0.1) is 0 Å². The van der Waals surface area contributed by atoms with E-state index in [9.17, 15) is 15.0 Å². The number of allylic oxidation sites excluding steroid dienone is 1. The number of aliphatic hydroxyl groups excluding tert-OH is 1. The van der Waals surface area contributed by atoms with E-state index in [0.717, 1.165) is 11.1 Å². The van der Waals surface area contributed by atoms with Crippen molar-refractivity contribution in [3.05, 3.63) is 100 Å². The van der Waals surface area contributed by atoms with Crippen LogP contribution in [0, 0.1) is 0 Å². The summed E-state index contributed by atoms with van der Waals surface area (Å²) in [6.45, 7) is 6.34. The quantitative estimate of drug-likeness (QED) is 0.465. The van der Waals surface area contributed by atoms with Gasteiger partial charge in [-0.2, -0.15) is 5.10 Å². The van der Waals surface area contributed by atoms with E-state index < -0.39 is 11.5 Å². The Morgan fingerprint density at radius 3 is 2.63 bits per heavy atom. The minimum atomic E-state index is -0.877. The first kappa shape index (κ1) is 21.1. The van der Waals surface area contributed by atoms with Gasteiger partial charge in [-0.25, -0.2) is 0 Å². The number of rotatable bonds is 7. The van der Waals surface area contributed by atoms with E-state index in [4.69, 9.17) is 0 Å². The first-order valence-electron chi connectivity index (χ1n) is 9.57. The number of aromatic hydroxyl groups is 1. The molecule has 0 bridgehead atoms. The highest BCUT2D eigenvalue weighted by Crippen LogP contribution is 2.22. The highest BCUT2D eigenvalue weighted by molar-refractivity contribution is 6.08. The Morgan fingerprint density at radius 1 is 1.20 bits per heavy atom. The predicted molar refractivity (Wildman–Crippen MR) is 120 cm³/mol. The summed E-state index contributed by atoms with van der Waals surface area (Å²) in [4.78, 5) is 11.8. The zero-order valence-corrected chi connectivity index (χ0v) is 17.1. The molecule has 1 heterocycles. The summed E-state index contributed by atoms with van der Waals surface area (Å²) in [5.41, 5.74) is 3.24. The molecule has 0 amide bonds. The van der Waals surface area contributed by atoms with Crippen molar-refractivity contribution in [3.63, 3.8) is 0 Å². The van der Waals surface area contributed by atoms with Crippen LogP contribution in [-0.4, -0.2) is 33.1 Å². The molecule has 6 nitrogen and oxygen atoms in total. The molecule has 2 aromatic carbocycles. The van der Waals surface area contributed by atoms with Gasteiger partial charge in [0, 0.05) is 18.8 Å². The van der Waals surface area contributed by atoms with E-state index in [-0.39, 0.29) is 5.75 Å². The lowest BCUT2D eigenvalue weighted by atomic mass is 10.1. The van der Waals surface area contributed by atoms with Gasteiger partial charge in [0.15, 0.2) is 5.75 Å². The van der Waals surface area contributed by atoms with Crippen molar-refractivity contribution in [1.82, 2.24) is 9.58 Å². The second-order valence-corrected chi connectivity index (χ2v) is 7.12. The fourth-order valence-electron chi connectivity index (χ4n) is 3.07. The van der Waals surface area contributed by atoms with Crippen molar-refractivity contribution < 1.29 is 10.2 Å². The molecule has 1 aromatic heterocycles. The highest BCUT2D eigenvalue weighted by atomic mass is 16.3. The Kier molecular flexibility index (Phi) is 6.49. The van der Waals surface area contributed by atoms with Gasteiger partial charge in [-0.05, 0) is 35.8 Å². The molecule has 0 spiro atoms. The topological polar surface area (TPSA) is 78.1 Å². The second kappa shape index (κ2) is 9.24. The van der Waals surface area contributed by atoms with Crippen LogP contribution in [0.15, 0.2) is 83.3 Å². The Hall–Kier alpha value is -3.64. The van der Waals surface area contributed by atoms with Crippen LogP contribution in [-0.2, 0) is 6.54 Å². The number of hydrogen-bond acceptors (Lipinski definition) is 5. The van der Waals surface area contributed by atoms with Gasteiger partial charge in [0.05, 0.1) is 30.8 Å². The van der Waals surface area contributed by atoms with Crippen LogP contribution in [0.4, 0.5) is 0 Å². The standard InChI is InChI=1S/C24H25N3O3/c1-17(14-25-26(3)15-19-8-5-4-6-9-19)20-10-7-11-21(12-20)27-16-24(30)23(29)13-22(27)18(2)28/h4-14,16,18,28,30H,1,15H2,2-3H3/b25-14-. The Balaban J connectivity index is 1.83. The van der Waals surface area contributed by atoms with E-state index in [1.54, 1.807) is 17.7 Å². The monoisotopic (exact) mass is 403 g/mol. The molecule has 0 aliphatic carbocycles. The lowest BCUT2D eigenvalue weighted by Crippen LogP contribution is -2.13. The van der Waals surface area contributed by atoms with Gasteiger partial charge in [0.25, 0.3) is 0 Å². The Labute approximate surface area is 175 Å². The summed E-state index contributed by atoms with van der Waals surface area (Å²) in [7, 11) is 1.89. The molecule has 3 rings (SSSR count). The van der Waals surface area contributed by atoms with Gasteiger partial charge < -0.3 is 14.8 Å². The molecule has 0 fully saturated rings. The zero-order valence-electron chi connectivity index (χ0n) is 17.1. The third-order valence-corrected chi connectivity index (χ3v) is 4.65. The van der Waals surface area contributed by atoms with Crippen molar-refractivity contribution >= 4 is 11.8 Å². The number of aliphatic hydroxyl groups is 1. The van der Waals surface area contributed by atoms with Crippen LogP contribution in [0.5, 0.6) is 5.75 Å². The molecule has 0 aliphatic heterocycles. The zero-order chi connectivity index (χ0) is 21.7. The normalized spacial score (nSPS) is 12.1. The van der Waals surface area contributed by atoms with Crippen molar-refractivity contribution in [2.45, 2.75) is 19.6 Å². The van der Waals surface area contributed by atoms with E-state index in [1.807, 2.05) is 66.7 Å². The highest BCUT2D eigenvalue weighted by Gasteiger charge is 2.12. The van der Waals surface area contributed by atoms with Crippen molar-refractivity contribution in [2.24, 2.45) is 5.10 Å². The van der Waals surface area contributed by atoms with Crippen LogP contribution in [0.25, 0.3) is 11.3 Å². The van der Waals surface area contributed by atoms with Crippen molar-refractivity contribution in [3.8, 4) is 11.4 Å². The molecule has 30 heavy (non-hydrogen) atoms. The first-order valence-corrected chi connectivity index (χ1v) is 9.57. The molecule has 1 atom stereocenters. The fourth-order valence-corrected chi connectivity index (χ4v) is 3.07. The molecule has 0 aliphatic rings. The fraction of sp³-hybridized carbons (Fsp3) is 0.167. The lowest BCUT2D eigenvalue weighted by Gasteiger charge is -2.17. The van der Waals surface area contributed by atoms with Crippen LogP contribution in [0.1, 0.15) is 29.8 Å². The smallest absolute Gasteiger partial charge is 0.223 e. The number of benzene rings is 2. The predicted octanol–water partition coefficient (Wildman–Crippen LogP) is 3.73. The van der Waals surface area contributed by atoms with Gasteiger partial charge in [0.1, 0.15) is 0 Å². The molecule has 3 aromatic rings. The second-order valence-electron chi connectivity index (χ2n) is 7.12. The minimum Gasteiger partial charge on any atom is -0.503 e. The molecule has 0 saturated heterocycles. The van der Waals surface area contributed by atoms with E-state index in [0.29, 0.717) is 23.5 Å². The number of aromatic nitrogens is 1. The maximum atomic E-state index is 11.8. The van der Waals surface area contributed by atoms with E-state index >= 15 is 0 Å². The third-order valence-electron chi connectivity index (χ3n) is 4.65. The molecule has 2 N–H and O–H groups in total. The SMILES string of the molecule is C=C(/C=N\N(C)Cc1ccccc1)c1cccc(-n2cc(O)c(=O)cc2C(C)O)c1. The lowest BCUT2D eigenvalue weighted by molar-refractivity contribution is 0.191. The average Bonchev–Trinajstić information content (AvgIpc) is 2.74. The minimum absolute atomic E-state index is 0.382. The summed E-state index contributed by atoms with van der Waals surface area (Å²) in [6, 6.07) is 18.7. The number of pyridine rings is 1. The molecular formula is C24H25N3O3. The number of nitrogens with zero attached hydrogens (tertiary/aromatic N) is 3. The molecule has 6 heteroatoms. The van der Waals surface area contributed by atoms with Gasteiger partial charge in [-0.3, -0.25) is 9.80 Å². The van der Waals surface area contributed by atoms with Gasteiger partial charge >= 0.3 is 0 Å². The third kappa shape index (κ3) is 5.04. The maximum Gasteiger partial charge on any atom is 0.223 e. The first-order chi connectivity index (χ1) is 14.3. The Morgan fingerprint density at radius 2 is 1.93 bits per heavy atom. The van der Waals surface area contributed by atoms with Crippen LogP contribution in [0.2, 0.25) is 0 Å². The molecule has 0 saturated carbocycles. The van der Waals surface area contributed by atoms with Gasteiger partial charge in [-0.1, -0.05) is 49.0 Å². The summed E-state index contributed by atoms with van der Waals surface area (Å²) in [6.07, 6.45) is 2.13. The van der Waals surface area contributed by atoms with E-state index in [1.165, 1.54) is 12.3 Å². The Bertz CT molecular complexity index is 1120. The van der Waals surface area contributed by atoms with Crippen LogP contribution in [0.3, 0.4) is 0 Å². The molecule has 1 unspecified atom stereocenters. The van der Waals surface area contributed by atoms with E-state index in [2.05, 4.69) is 11.7 Å². The van der Waals surface area contributed by atoms with Crippen LogP contribution >= 0.6 is 0 Å². The van der Waals surface area contributed by atoms with Gasteiger partial charge in [0.2, 0.25) is 5.43 Å². The van der Waals surface area contributed by atoms with Crippen LogP contribution < -0.4 is 5.43 Å². The summed E-state index contributed by atoms with van der Waals surface area (Å²) < 4.78 is 1.59.